The molecule has 2 aromatic carbocycles. The highest BCUT2D eigenvalue weighted by Crippen LogP contribution is 2.27. The Balaban J connectivity index is 1.67. The first-order chi connectivity index (χ1) is 13.6. The van der Waals surface area contributed by atoms with Gasteiger partial charge in [0.2, 0.25) is 0 Å². The molecule has 7 nitrogen and oxygen atoms in total. The maximum absolute atomic E-state index is 12.2. The Labute approximate surface area is 162 Å². The molecule has 28 heavy (non-hydrogen) atoms. The first-order valence-electron chi connectivity index (χ1n) is 8.61. The van der Waals surface area contributed by atoms with Crippen molar-refractivity contribution in [2.75, 3.05) is 14.2 Å². The summed E-state index contributed by atoms with van der Waals surface area (Å²) in [4.78, 5) is 24.2. The summed E-state index contributed by atoms with van der Waals surface area (Å²) in [6, 6.07) is 17.7. The molecule has 0 N–H and O–H groups in total. The Morgan fingerprint density at radius 3 is 2.43 bits per heavy atom. The minimum absolute atomic E-state index is 0.0479. The largest absolute Gasteiger partial charge is 0.493 e. The second-order valence-electron chi connectivity index (χ2n) is 5.93. The number of ether oxygens (including phenoxy) is 3. The summed E-state index contributed by atoms with van der Waals surface area (Å²) in [7, 11) is 3.08. The highest BCUT2D eigenvalue weighted by atomic mass is 16.5. The van der Waals surface area contributed by atoms with Crippen LogP contribution in [0.4, 0.5) is 0 Å². The van der Waals surface area contributed by atoms with E-state index in [9.17, 15) is 9.59 Å². The van der Waals surface area contributed by atoms with E-state index in [-0.39, 0.29) is 18.7 Å². The van der Waals surface area contributed by atoms with Crippen molar-refractivity contribution in [3.05, 3.63) is 76.6 Å². The van der Waals surface area contributed by atoms with Crippen molar-refractivity contribution in [2.45, 2.75) is 13.2 Å². The molecular weight excluding hydrogens is 360 g/mol. The molecule has 7 heteroatoms. The van der Waals surface area contributed by atoms with Crippen LogP contribution in [0.25, 0.3) is 11.3 Å². The van der Waals surface area contributed by atoms with E-state index in [2.05, 4.69) is 5.10 Å². The van der Waals surface area contributed by atoms with Crippen LogP contribution < -0.4 is 15.0 Å². The van der Waals surface area contributed by atoms with Crippen LogP contribution in [0.2, 0.25) is 0 Å². The number of hydrogen-bond acceptors (Lipinski definition) is 6. The van der Waals surface area contributed by atoms with Crippen molar-refractivity contribution in [2.24, 2.45) is 0 Å². The quantitative estimate of drug-likeness (QED) is 0.587. The van der Waals surface area contributed by atoms with Crippen molar-refractivity contribution in [3.8, 4) is 22.8 Å². The van der Waals surface area contributed by atoms with Gasteiger partial charge in [-0.3, -0.25) is 9.59 Å². The van der Waals surface area contributed by atoms with Crippen LogP contribution in [-0.2, 0) is 22.7 Å². The van der Waals surface area contributed by atoms with Gasteiger partial charge in [-0.05, 0) is 23.8 Å². The number of carbonyl (C=O) groups is 1. The molecular formula is C21H20N2O5. The van der Waals surface area contributed by atoms with Crippen LogP contribution in [0.1, 0.15) is 5.56 Å². The van der Waals surface area contributed by atoms with Crippen LogP contribution in [0, 0.1) is 0 Å². The molecule has 0 aliphatic heterocycles. The molecule has 0 bridgehead atoms. The molecule has 144 valence electrons. The molecule has 3 rings (SSSR count). The minimum atomic E-state index is -0.561. The Kier molecular flexibility index (Phi) is 6.06. The monoisotopic (exact) mass is 380 g/mol. The fourth-order valence-corrected chi connectivity index (χ4v) is 2.63. The van der Waals surface area contributed by atoms with E-state index in [4.69, 9.17) is 14.2 Å². The predicted molar refractivity (Wildman–Crippen MR) is 103 cm³/mol. The maximum atomic E-state index is 12.2. The summed E-state index contributed by atoms with van der Waals surface area (Å²) >= 11 is 0. The topological polar surface area (TPSA) is 79.7 Å². The van der Waals surface area contributed by atoms with Gasteiger partial charge in [0.05, 0.1) is 19.9 Å². The molecule has 0 fully saturated rings. The van der Waals surface area contributed by atoms with Crippen molar-refractivity contribution in [1.29, 1.82) is 0 Å². The summed E-state index contributed by atoms with van der Waals surface area (Å²) in [5.74, 6) is 0.574. The fourth-order valence-electron chi connectivity index (χ4n) is 2.63. The average molecular weight is 380 g/mol. The molecule has 0 radical (unpaired) electrons. The lowest BCUT2D eigenvalue weighted by Crippen LogP contribution is -2.27. The molecule has 3 aromatic rings. The molecule has 0 saturated carbocycles. The first kappa shape index (κ1) is 19.2. The average Bonchev–Trinajstić information content (AvgIpc) is 2.74. The highest BCUT2D eigenvalue weighted by Gasteiger charge is 2.11. The lowest BCUT2D eigenvalue weighted by atomic mass is 10.1. The van der Waals surface area contributed by atoms with E-state index in [1.165, 1.54) is 13.2 Å². The smallest absolute Gasteiger partial charge is 0.328 e. The normalized spacial score (nSPS) is 10.4. The number of carbonyl (C=O) groups excluding carboxylic acids is 1. The van der Waals surface area contributed by atoms with Crippen LogP contribution in [0.3, 0.4) is 0 Å². The van der Waals surface area contributed by atoms with Gasteiger partial charge in [0.1, 0.15) is 13.2 Å². The maximum Gasteiger partial charge on any atom is 0.328 e. The Bertz CT molecular complexity index is 1010. The van der Waals surface area contributed by atoms with E-state index in [1.54, 1.807) is 31.4 Å². The lowest BCUT2D eigenvalue weighted by Gasteiger charge is -2.10. The van der Waals surface area contributed by atoms with E-state index in [1.807, 2.05) is 30.3 Å². The van der Waals surface area contributed by atoms with Crippen molar-refractivity contribution >= 4 is 5.97 Å². The van der Waals surface area contributed by atoms with Gasteiger partial charge in [0.25, 0.3) is 5.56 Å². The predicted octanol–water partition coefficient (Wildman–Crippen LogP) is 2.67. The van der Waals surface area contributed by atoms with Crippen molar-refractivity contribution in [1.82, 2.24) is 9.78 Å². The van der Waals surface area contributed by atoms with Crippen LogP contribution in [0.5, 0.6) is 11.5 Å². The molecule has 1 heterocycles. The highest BCUT2D eigenvalue weighted by molar-refractivity contribution is 5.69. The van der Waals surface area contributed by atoms with E-state index in [0.29, 0.717) is 17.2 Å². The number of aromatic nitrogens is 2. The van der Waals surface area contributed by atoms with Gasteiger partial charge >= 0.3 is 5.97 Å². The number of benzene rings is 2. The second kappa shape index (κ2) is 8.85. The van der Waals surface area contributed by atoms with Gasteiger partial charge in [0, 0.05) is 11.6 Å². The van der Waals surface area contributed by atoms with E-state index >= 15 is 0 Å². The SMILES string of the molecule is COc1ccc(COC(=O)Cn2nc(-c3ccccc3)ccc2=O)cc1OC. The van der Waals surface area contributed by atoms with Gasteiger partial charge in [-0.2, -0.15) is 5.10 Å². The summed E-state index contributed by atoms with van der Waals surface area (Å²) < 4.78 is 16.8. The molecule has 1 aromatic heterocycles. The van der Waals surface area contributed by atoms with Crippen molar-refractivity contribution < 1.29 is 19.0 Å². The van der Waals surface area contributed by atoms with Crippen LogP contribution in [0.15, 0.2) is 65.5 Å². The molecule has 0 atom stereocenters. The van der Waals surface area contributed by atoms with E-state index in [0.717, 1.165) is 15.8 Å². The Morgan fingerprint density at radius 2 is 1.71 bits per heavy atom. The zero-order chi connectivity index (χ0) is 19.9. The van der Waals surface area contributed by atoms with E-state index < -0.39 is 5.97 Å². The minimum Gasteiger partial charge on any atom is -0.493 e. The van der Waals surface area contributed by atoms with Gasteiger partial charge in [0.15, 0.2) is 11.5 Å². The van der Waals surface area contributed by atoms with Crippen molar-refractivity contribution in [3.63, 3.8) is 0 Å². The zero-order valence-electron chi connectivity index (χ0n) is 15.6. The second-order valence-corrected chi connectivity index (χ2v) is 5.93. The summed E-state index contributed by atoms with van der Waals surface area (Å²) in [6.07, 6.45) is 0. The van der Waals surface area contributed by atoms with Gasteiger partial charge in [-0.25, -0.2) is 4.68 Å². The number of rotatable bonds is 7. The summed E-state index contributed by atoms with van der Waals surface area (Å²) in [5, 5.41) is 4.25. The molecule has 0 saturated heterocycles. The fraction of sp³-hybridized carbons (Fsp3) is 0.190. The standard InChI is InChI=1S/C21H20N2O5/c1-26-18-10-8-15(12-19(18)27-2)14-28-21(25)13-23-20(24)11-9-17(22-23)16-6-4-3-5-7-16/h3-12H,13-14H2,1-2H3. The summed E-state index contributed by atoms with van der Waals surface area (Å²) in [5.41, 5.74) is 1.83. The third-order valence-corrected chi connectivity index (χ3v) is 4.06. The van der Waals surface area contributed by atoms with Crippen LogP contribution >= 0.6 is 0 Å². The zero-order valence-corrected chi connectivity index (χ0v) is 15.6. The Hall–Kier alpha value is -3.61. The first-order valence-corrected chi connectivity index (χ1v) is 8.61. The van der Waals surface area contributed by atoms with Gasteiger partial charge < -0.3 is 14.2 Å². The third-order valence-electron chi connectivity index (χ3n) is 4.06. The number of hydrogen-bond donors (Lipinski definition) is 0. The molecule has 0 spiro atoms. The molecule has 0 aliphatic carbocycles. The van der Waals surface area contributed by atoms with Crippen LogP contribution in [-0.4, -0.2) is 30.0 Å². The number of nitrogens with zero attached hydrogens (tertiary/aromatic N) is 2. The summed E-state index contributed by atoms with van der Waals surface area (Å²) in [6.45, 7) is -0.223. The van der Waals surface area contributed by atoms with Gasteiger partial charge in [-0.15, -0.1) is 0 Å². The molecule has 0 unspecified atom stereocenters. The molecule has 0 aliphatic rings. The Morgan fingerprint density at radius 1 is 0.964 bits per heavy atom. The third kappa shape index (κ3) is 4.56. The molecule has 0 amide bonds. The lowest BCUT2D eigenvalue weighted by molar-refractivity contribution is -0.146. The number of esters is 1. The number of methoxy groups -OCH3 is 2. The van der Waals surface area contributed by atoms with Gasteiger partial charge in [-0.1, -0.05) is 36.4 Å².